The van der Waals surface area contributed by atoms with Crippen LogP contribution in [0.25, 0.3) is 0 Å². The third-order valence-electron chi connectivity index (χ3n) is 8.05. The Kier molecular flexibility index (Phi) is 8.94. The van der Waals surface area contributed by atoms with Crippen LogP contribution in [0.4, 0.5) is 19.0 Å². The third-order valence-corrected chi connectivity index (χ3v) is 8.05. The summed E-state index contributed by atoms with van der Waals surface area (Å²) in [7, 11) is 1.75. The van der Waals surface area contributed by atoms with Crippen molar-refractivity contribution in [3.63, 3.8) is 0 Å². The number of rotatable bonds is 10. The van der Waals surface area contributed by atoms with Crippen molar-refractivity contribution >= 4 is 11.8 Å². The fourth-order valence-electron chi connectivity index (χ4n) is 5.13. The Morgan fingerprint density at radius 2 is 1.79 bits per heavy atom. The van der Waals surface area contributed by atoms with Crippen LogP contribution in [0, 0.1) is 0 Å². The molecule has 1 aromatic carbocycles. The Labute approximate surface area is 245 Å². The number of halogens is 3. The first-order valence-electron chi connectivity index (χ1n) is 14.4. The largest absolute Gasteiger partial charge is 0.481 e. The fraction of sp³-hybridized carbons (Fsp3) is 0.531. The van der Waals surface area contributed by atoms with E-state index in [1.165, 1.54) is 11.6 Å². The van der Waals surface area contributed by atoms with Crippen LogP contribution < -0.4 is 10.1 Å². The smallest absolute Gasteiger partial charge is 0.397 e. The molecule has 0 radical (unpaired) electrons. The van der Waals surface area contributed by atoms with Gasteiger partial charge in [0.25, 0.3) is 0 Å². The van der Waals surface area contributed by atoms with Crippen molar-refractivity contribution in [1.82, 2.24) is 14.8 Å². The number of nitrogens with zero attached hydrogens (tertiary/aromatic N) is 3. The first-order valence-corrected chi connectivity index (χ1v) is 14.4. The first kappa shape index (κ1) is 31.4. The van der Waals surface area contributed by atoms with Gasteiger partial charge in [-0.15, -0.1) is 0 Å². The number of pyridine rings is 1. The molecule has 3 aromatic rings. The van der Waals surface area contributed by atoms with Crippen LogP contribution in [0.2, 0.25) is 0 Å². The van der Waals surface area contributed by atoms with Gasteiger partial charge >= 0.3 is 12.1 Å². The van der Waals surface area contributed by atoms with E-state index in [0.29, 0.717) is 30.2 Å². The number of hydrogen-bond donors (Lipinski definition) is 2. The van der Waals surface area contributed by atoms with Gasteiger partial charge in [-0.05, 0) is 72.8 Å². The number of alkyl halides is 3. The highest BCUT2D eigenvalue weighted by Crippen LogP contribution is 2.43. The van der Waals surface area contributed by atoms with Gasteiger partial charge in [0.2, 0.25) is 5.88 Å². The average molecular weight is 587 g/mol. The zero-order chi connectivity index (χ0) is 30.9. The van der Waals surface area contributed by atoms with Gasteiger partial charge in [-0.3, -0.25) is 4.79 Å². The molecular weight excluding hydrogens is 545 g/mol. The molecular formula is C32H41F3N4O3. The van der Waals surface area contributed by atoms with Crippen LogP contribution >= 0.6 is 0 Å². The van der Waals surface area contributed by atoms with Gasteiger partial charge in [0, 0.05) is 31.8 Å². The van der Waals surface area contributed by atoms with Gasteiger partial charge in [0.1, 0.15) is 5.82 Å². The Bertz CT molecular complexity index is 1420. The molecule has 0 aliphatic carbocycles. The van der Waals surface area contributed by atoms with Crippen molar-refractivity contribution in [2.24, 2.45) is 7.05 Å². The quantitative estimate of drug-likeness (QED) is 0.274. The molecule has 0 fully saturated rings. The molecule has 7 nitrogen and oxygen atoms in total. The summed E-state index contributed by atoms with van der Waals surface area (Å²) in [6.07, 6.45) is -1.75. The number of carboxylic acid groups (broad SMARTS) is 1. The van der Waals surface area contributed by atoms with Crippen molar-refractivity contribution in [1.29, 1.82) is 0 Å². The lowest BCUT2D eigenvalue weighted by atomic mass is 9.76. The second-order valence-corrected chi connectivity index (χ2v) is 12.8. The Balaban J connectivity index is 1.55. The molecule has 0 saturated carbocycles. The summed E-state index contributed by atoms with van der Waals surface area (Å²) in [4.78, 5) is 16.6. The monoisotopic (exact) mass is 586 g/mol. The van der Waals surface area contributed by atoms with Crippen molar-refractivity contribution in [2.75, 3.05) is 18.5 Å². The van der Waals surface area contributed by atoms with E-state index in [0.717, 1.165) is 50.3 Å². The molecule has 0 saturated heterocycles. The number of nitrogens with one attached hydrogen (secondary N) is 1. The molecule has 1 aliphatic heterocycles. The normalized spacial score (nSPS) is 14.7. The minimum absolute atomic E-state index is 0.115. The molecule has 4 rings (SSSR count). The third kappa shape index (κ3) is 7.25. The number of hydrogen-bond acceptors (Lipinski definition) is 5. The number of benzene rings is 1. The van der Waals surface area contributed by atoms with Crippen LogP contribution in [0.3, 0.4) is 0 Å². The zero-order valence-electron chi connectivity index (χ0n) is 25.2. The first-order chi connectivity index (χ1) is 19.5. The summed E-state index contributed by atoms with van der Waals surface area (Å²) in [5.74, 6) is -0.152. The summed E-state index contributed by atoms with van der Waals surface area (Å²) in [5.41, 5.74) is 1.59. The predicted molar refractivity (Wildman–Crippen MR) is 156 cm³/mol. The lowest BCUT2D eigenvalue weighted by molar-refractivity contribution is -0.180. The number of anilines is 1. The Morgan fingerprint density at radius 3 is 2.45 bits per heavy atom. The maximum Gasteiger partial charge on any atom is 0.397 e. The highest BCUT2D eigenvalue weighted by Gasteiger charge is 2.49. The second-order valence-electron chi connectivity index (χ2n) is 12.8. The van der Waals surface area contributed by atoms with Crippen molar-refractivity contribution in [3.8, 4) is 5.88 Å². The summed E-state index contributed by atoms with van der Waals surface area (Å²) in [6, 6.07) is 10.8. The van der Waals surface area contributed by atoms with E-state index in [4.69, 9.17) is 9.72 Å². The molecule has 3 heterocycles. The van der Waals surface area contributed by atoms with Crippen LogP contribution in [-0.2, 0) is 41.9 Å². The van der Waals surface area contributed by atoms with Gasteiger partial charge in [-0.1, -0.05) is 45.0 Å². The lowest BCUT2D eigenvalue weighted by Gasteiger charge is -2.32. The van der Waals surface area contributed by atoms with E-state index in [2.05, 4.69) is 16.5 Å². The number of carboxylic acids is 1. The molecule has 0 bridgehead atoms. The van der Waals surface area contributed by atoms with E-state index in [9.17, 15) is 23.1 Å². The van der Waals surface area contributed by atoms with Crippen molar-refractivity contribution < 1.29 is 27.8 Å². The summed E-state index contributed by atoms with van der Waals surface area (Å²) >= 11 is 0. The zero-order valence-corrected chi connectivity index (χ0v) is 25.2. The number of aromatic nitrogens is 3. The highest BCUT2D eigenvalue weighted by molar-refractivity contribution is 5.68. The minimum Gasteiger partial charge on any atom is -0.481 e. The van der Waals surface area contributed by atoms with E-state index >= 15 is 0 Å². The Morgan fingerprint density at radius 1 is 1.07 bits per heavy atom. The van der Waals surface area contributed by atoms with E-state index in [-0.39, 0.29) is 18.4 Å². The van der Waals surface area contributed by atoms with Gasteiger partial charge in [0.05, 0.1) is 24.1 Å². The SMILES string of the molecule is Cn1nc(CC(CC(=O)O)c2cc(C(C)(C)C)cc(C(C)(C)C(F)(F)F)c2)cc1OCCc1ccc2c(n1)NCCC2. The molecule has 1 unspecified atom stereocenters. The number of ether oxygens (including phenoxy) is 1. The molecule has 2 aromatic heterocycles. The molecule has 10 heteroatoms. The summed E-state index contributed by atoms with van der Waals surface area (Å²) < 4.78 is 49.7. The maximum absolute atomic E-state index is 14.0. The van der Waals surface area contributed by atoms with Crippen molar-refractivity contribution in [3.05, 3.63) is 70.0 Å². The molecule has 42 heavy (non-hydrogen) atoms. The number of aryl methyl sites for hydroxylation is 2. The van der Waals surface area contributed by atoms with Crippen LogP contribution in [0.15, 0.2) is 36.4 Å². The molecule has 0 amide bonds. The van der Waals surface area contributed by atoms with Gasteiger partial charge in [0.15, 0.2) is 0 Å². The Hall–Kier alpha value is -3.56. The van der Waals surface area contributed by atoms with Crippen LogP contribution in [0.1, 0.15) is 87.0 Å². The topological polar surface area (TPSA) is 89.3 Å². The highest BCUT2D eigenvalue weighted by atomic mass is 19.4. The van der Waals surface area contributed by atoms with E-state index < -0.39 is 28.9 Å². The molecule has 228 valence electrons. The van der Waals surface area contributed by atoms with E-state index in [1.54, 1.807) is 23.9 Å². The number of carbonyl (C=O) groups is 1. The lowest BCUT2D eigenvalue weighted by Crippen LogP contribution is -2.37. The number of aliphatic carboxylic acids is 1. The maximum atomic E-state index is 14.0. The fourth-order valence-corrected chi connectivity index (χ4v) is 5.13. The van der Waals surface area contributed by atoms with Crippen LogP contribution in [-0.4, -0.2) is 45.2 Å². The number of fused-ring (bicyclic) bond motifs is 1. The van der Waals surface area contributed by atoms with E-state index in [1.807, 2.05) is 32.9 Å². The molecule has 1 atom stereocenters. The molecule has 1 aliphatic rings. The summed E-state index contributed by atoms with van der Waals surface area (Å²) in [6.45, 7) is 9.41. The van der Waals surface area contributed by atoms with Gasteiger partial charge in [-0.25, -0.2) is 9.67 Å². The summed E-state index contributed by atoms with van der Waals surface area (Å²) in [5, 5.41) is 17.6. The van der Waals surface area contributed by atoms with Gasteiger partial charge < -0.3 is 15.2 Å². The minimum atomic E-state index is -4.47. The average Bonchev–Trinajstić information content (AvgIpc) is 3.25. The second kappa shape index (κ2) is 12.0. The molecule has 0 spiro atoms. The van der Waals surface area contributed by atoms with Gasteiger partial charge in [-0.2, -0.15) is 18.3 Å². The standard InChI is InChI=1S/C32H41F3N4O3/c1-30(2,3)23-14-21(15-24(18-23)31(4,5)32(33,34)35)22(17-28(40)41)16-26-19-27(39(6)38-26)42-13-11-25-10-9-20-8-7-12-36-29(20)37-25/h9-10,14-15,18-19,22H,7-8,11-13,16-17H2,1-6H3,(H,36,37)(H,40,41). The molecule has 2 N–H and O–H groups in total. The van der Waals surface area contributed by atoms with Crippen LogP contribution in [0.5, 0.6) is 5.88 Å². The van der Waals surface area contributed by atoms with Crippen molar-refractivity contribution in [2.45, 2.75) is 89.6 Å². The predicted octanol–water partition coefficient (Wildman–Crippen LogP) is 6.73.